The van der Waals surface area contributed by atoms with Crippen molar-refractivity contribution in [3.63, 3.8) is 0 Å². The second kappa shape index (κ2) is 4.00. The van der Waals surface area contributed by atoms with Crippen LogP contribution in [0.15, 0.2) is 35.5 Å². The van der Waals surface area contributed by atoms with Crippen molar-refractivity contribution >= 4 is 23.2 Å². The molecule has 2 heterocycles. The fraction of sp³-hybridized carbons (Fsp3) is 0. The summed E-state index contributed by atoms with van der Waals surface area (Å²) in [6.07, 6.45) is 4.45. The molecule has 76 valence electrons. The van der Waals surface area contributed by atoms with Crippen molar-refractivity contribution in [2.24, 2.45) is 0 Å². The van der Waals surface area contributed by atoms with E-state index in [2.05, 4.69) is 10.1 Å². The van der Waals surface area contributed by atoms with Gasteiger partial charge in [0.1, 0.15) is 5.02 Å². The van der Waals surface area contributed by atoms with Gasteiger partial charge in [0.2, 0.25) is 0 Å². The maximum atomic E-state index is 11.7. The van der Waals surface area contributed by atoms with Crippen LogP contribution in [0.3, 0.4) is 0 Å². The van der Waals surface area contributed by atoms with Gasteiger partial charge in [-0.05, 0) is 12.1 Å². The van der Waals surface area contributed by atoms with Crippen molar-refractivity contribution in [1.29, 1.82) is 0 Å². The van der Waals surface area contributed by atoms with Gasteiger partial charge in [0.25, 0.3) is 5.56 Å². The Labute approximate surface area is 95.1 Å². The first-order valence-electron chi connectivity index (χ1n) is 4.04. The number of rotatable bonds is 1. The van der Waals surface area contributed by atoms with Crippen LogP contribution in [0.2, 0.25) is 10.0 Å². The Balaban J connectivity index is 2.66. The minimum atomic E-state index is -0.449. The van der Waals surface area contributed by atoms with Crippen molar-refractivity contribution in [3.8, 4) is 5.69 Å². The molecule has 0 atom stereocenters. The Hall–Kier alpha value is -1.39. The smallest absolute Gasteiger partial charge is 0.266 e. The first-order chi connectivity index (χ1) is 7.20. The topological polar surface area (TPSA) is 47.8 Å². The molecule has 2 rings (SSSR count). The largest absolute Gasteiger partial charge is 0.291 e. The lowest BCUT2D eigenvalue weighted by molar-refractivity contribution is 0.805. The fourth-order valence-corrected chi connectivity index (χ4v) is 1.34. The molecule has 4 nitrogen and oxygen atoms in total. The minimum Gasteiger partial charge on any atom is -0.266 e. The van der Waals surface area contributed by atoms with Crippen molar-refractivity contribution in [2.75, 3.05) is 0 Å². The number of pyridine rings is 1. The molecule has 0 aromatic carbocycles. The van der Waals surface area contributed by atoms with Crippen LogP contribution in [-0.4, -0.2) is 14.8 Å². The van der Waals surface area contributed by atoms with Gasteiger partial charge in [0.05, 0.1) is 16.9 Å². The summed E-state index contributed by atoms with van der Waals surface area (Å²) in [5.41, 5.74) is 0.143. The maximum Gasteiger partial charge on any atom is 0.291 e. The van der Waals surface area contributed by atoms with Gasteiger partial charge in [-0.1, -0.05) is 23.2 Å². The lowest BCUT2D eigenvalue weighted by atomic mass is 10.4. The zero-order valence-corrected chi connectivity index (χ0v) is 8.90. The minimum absolute atomic E-state index is 0.0384. The molecule has 2 aromatic heterocycles. The molecular formula is C9H5Cl2N3O. The van der Waals surface area contributed by atoms with E-state index in [1.54, 1.807) is 24.5 Å². The van der Waals surface area contributed by atoms with E-state index >= 15 is 0 Å². The monoisotopic (exact) mass is 241 g/mol. The first kappa shape index (κ1) is 10.1. The third kappa shape index (κ3) is 1.86. The van der Waals surface area contributed by atoms with Gasteiger partial charge in [-0.3, -0.25) is 9.78 Å². The summed E-state index contributed by atoms with van der Waals surface area (Å²) in [6, 6.07) is 3.30. The number of hydrogen-bond donors (Lipinski definition) is 0. The molecule has 0 unspecified atom stereocenters. The third-order valence-corrected chi connectivity index (χ3v) is 2.53. The van der Waals surface area contributed by atoms with Gasteiger partial charge in [0, 0.05) is 12.4 Å². The Morgan fingerprint density at radius 2 is 1.87 bits per heavy atom. The number of nitrogens with zero attached hydrogens (tertiary/aromatic N) is 3. The Morgan fingerprint density at radius 3 is 2.53 bits per heavy atom. The van der Waals surface area contributed by atoms with Crippen LogP contribution in [0.5, 0.6) is 0 Å². The molecule has 0 amide bonds. The lowest BCUT2D eigenvalue weighted by Crippen LogP contribution is -2.21. The van der Waals surface area contributed by atoms with Gasteiger partial charge in [-0.25, -0.2) is 0 Å². The van der Waals surface area contributed by atoms with E-state index < -0.39 is 5.56 Å². The summed E-state index contributed by atoms with van der Waals surface area (Å²) in [5.74, 6) is 0. The SMILES string of the molecule is O=c1c(Cl)c(Cl)cnn1-c1ccncc1. The summed E-state index contributed by atoms with van der Waals surface area (Å²) in [7, 11) is 0. The third-order valence-electron chi connectivity index (χ3n) is 1.78. The van der Waals surface area contributed by atoms with Gasteiger partial charge in [-0.15, -0.1) is 0 Å². The van der Waals surface area contributed by atoms with E-state index in [9.17, 15) is 4.79 Å². The van der Waals surface area contributed by atoms with Gasteiger partial charge >= 0.3 is 0 Å². The lowest BCUT2D eigenvalue weighted by Gasteiger charge is -2.03. The highest BCUT2D eigenvalue weighted by molar-refractivity contribution is 6.41. The molecule has 15 heavy (non-hydrogen) atoms. The molecule has 0 fully saturated rings. The van der Waals surface area contributed by atoms with Gasteiger partial charge in [0.15, 0.2) is 0 Å². The summed E-state index contributed by atoms with van der Waals surface area (Å²) < 4.78 is 1.16. The summed E-state index contributed by atoms with van der Waals surface area (Å²) in [5, 5.41) is 3.98. The zero-order valence-electron chi connectivity index (χ0n) is 7.39. The number of halogens is 2. The summed E-state index contributed by atoms with van der Waals surface area (Å²) in [4.78, 5) is 15.5. The molecule has 6 heteroatoms. The van der Waals surface area contributed by atoms with E-state index in [-0.39, 0.29) is 10.0 Å². The molecule has 0 aliphatic carbocycles. The van der Waals surface area contributed by atoms with Crippen molar-refractivity contribution in [3.05, 3.63) is 51.1 Å². The molecule has 0 saturated carbocycles. The number of hydrogen-bond acceptors (Lipinski definition) is 3. The summed E-state index contributed by atoms with van der Waals surface area (Å²) >= 11 is 11.4. The molecule has 0 spiro atoms. The molecule has 0 N–H and O–H groups in total. The van der Waals surface area contributed by atoms with Crippen molar-refractivity contribution in [1.82, 2.24) is 14.8 Å². The van der Waals surface area contributed by atoms with Crippen molar-refractivity contribution in [2.45, 2.75) is 0 Å². The van der Waals surface area contributed by atoms with Crippen LogP contribution < -0.4 is 5.56 Å². The average molecular weight is 242 g/mol. The van der Waals surface area contributed by atoms with E-state index in [0.29, 0.717) is 5.69 Å². The van der Waals surface area contributed by atoms with Crippen LogP contribution in [0.25, 0.3) is 5.69 Å². The standard InChI is InChI=1S/C9H5Cl2N3O/c10-7-5-13-14(9(15)8(7)11)6-1-3-12-4-2-6/h1-5H. The Kier molecular flexibility index (Phi) is 2.70. The highest BCUT2D eigenvalue weighted by Gasteiger charge is 2.08. The highest BCUT2D eigenvalue weighted by atomic mass is 35.5. The average Bonchev–Trinajstić information content (AvgIpc) is 2.27. The second-order valence-corrected chi connectivity index (χ2v) is 3.51. The Bertz CT molecular complexity index is 539. The van der Waals surface area contributed by atoms with Gasteiger partial charge < -0.3 is 0 Å². The normalized spacial score (nSPS) is 10.3. The van der Waals surface area contributed by atoms with E-state index in [0.717, 1.165) is 4.68 Å². The second-order valence-electron chi connectivity index (χ2n) is 2.73. The first-order valence-corrected chi connectivity index (χ1v) is 4.79. The fourth-order valence-electron chi connectivity index (χ4n) is 1.08. The highest BCUT2D eigenvalue weighted by Crippen LogP contribution is 2.15. The van der Waals surface area contributed by atoms with E-state index in [4.69, 9.17) is 23.2 Å². The van der Waals surface area contributed by atoms with Crippen LogP contribution >= 0.6 is 23.2 Å². The van der Waals surface area contributed by atoms with E-state index in [1.807, 2.05) is 0 Å². The molecule has 0 bridgehead atoms. The molecule has 2 aromatic rings. The quantitative estimate of drug-likeness (QED) is 0.767. The molecule has 0 radical (unpaired) electrons. The Morgan fingerprint density at radius 1 is 1.20 bits per heavy atom. The predicted molar refractivity (Wildman–Crippen MR) is 57.6 cm³/mol. The van der Waals surface area contributed by atoms with Crippen LogP contribution in [0.4, 0.5) is 0 Å². The molecular weight excluding hydrogens is 237 g/mol. The van der Waals surface area contributed by atoms with E-state index in [1.165, 1.54) is 6.20 Å². The van der Waals surface area contributed by atoms with Crippen molar-refractivity contribution < 1.29 is 0 Å². The van der Waals surface area contributed by atoms with Gasteiger partial charge in [-0.2, -0.15) is 9.78 Å². The maximum absolute atomic E-state index is 11.7. The van der Waals surface area contributed by atoms with Crippen LogP contribution in [0, 0.1) is 0 Å². The summed E-state index contributed by atoms with van der Waals surface area (Å²) in [6.45, 7) is 0. The predicted octanol–water partition coefficient (Wildman–Crippen LogP) is 1.93. The molecule has 0 aliphatic heterocycles. The number of aromatic nitrogens is 3. The molecule has 0 aliphatic rings. The van der Waals surface area contributed by atoms with Crippen LogP contribution in [0.1, 0.15) is 0 Å². The molecule has 0 saturated heterocycles. The zero-order chi connectivity index (χ0) is 10.8. The van der Waals surface area contributed by atoms with Crippen LogP contribution in [-0.2, 0) is 0 Å².